The first-order chi connectivity index (χ1) is 10.7. The van der Waals surface area contributed by atoms with Crippen molar-refractivity contribution in [1.29, 1.82) is 0 Å². The average molecular weight is 355 g/mol. The van der Waals surface area contributed by atoms with Gasteiger partial charge >= 0.3 is 0 Å². The van der Waals surface area contributed by atoms with Crippen LogP contribution < -0.4 is 5.32 Å². The zero-order chi connectivity index (χ0) is 15.4. The molecule has 5 heteroatoms. The third-order valence-corrected chi connectivity index (χ3v) is 3.59. The summed E-state index contributed by atoms with van der Waals surface area (Å²) in [7, 11) is 0. The van der Waals surface area contributed by atoms with E-state index in [0.29, 0.717) is 0 Å². The standard InChI is InChI=1S/C17H15BrN4/c1-12-21-16(14-7-15(18)11-19-10-14)8-17(22-12)20-9-13-5-3-2-4-6-13/h2-8,10-11H,9H2,1H3,(H,20,21,22). The number of nitrogens with zero attached hydrogens (tertiary/aromatic N) is 3. The highest BCUT2D eigenvalue weighted by Crippen LogP contribution is 2.22. The highest BCUT2D eigenvalue weighted by atomic mass is 79.9. The number of aromatic nitrogens is 3. The summed E-state index contributed by atoms with van der Waals surface area (Å²) in [5, 5.41) is 3.34. The van der Waals surface area contributed by atoms with Gasteiger partial charge in [0.15, 0.2) is 0 Å². The zero-order valence-corrected chi connectivity index (χ0v) is 13.7. The number of rotatable bonds is 4. The van der Waals surface area contributed by atoms with Gasteiger partial charge in [-0.1, -0.05) is 30.3 Å². The van der Waals surface area contributed by atoms with Crippen LogP contribution in [0.25, 0.3) is 11.3 Å². The predicted octanol–water partition coefficient (Wildman–Crippen LogP) is 4.22. The summed E-state index contributed by atoms with van der Waals surface area (Å²) in [6.07, 6.45) is 3.56. The Hall–Kier alpha value is -2.27. The minimum absolute atomic E-state index is 0.730. The molecule has 2 heterocycles. The van der Waals surface area contributed by atoms with Crippen LogP contribution in [-0.2, 0) is 6.54 Å². The predicted molar refractivity (Wildman–Crippen MR) is 91.5 cm³/mol. The van der Waals surface area contributed by atoms with Crippen LogP contribution in [0.4, 0.5) is 5.82 Å². The number of nitrogens with one attached hydrogen (secondary N) is 1. The average Bonchev–Trinajstić information content (AvgIpc) is 2.53. The molecule has 1 aromatic carbocycles. The van der Waals surface area contributed by atoms with Crippen LogP contribution >= 0.6 is 15.9 Å². The van der Waals surface area contributed by atoms with E-state index in [0.717, 1.165) is 33.9 Å². The molecule has 1 N–H and O–H groups in total. The highest BCUT2D eigenvalue weighted by Gasteiger charge is 2.05. The second-order valence-corrected chi connectivity index (χ2v) is 5.83. The summed E-state index contributed by atoms with van der Waals surface area (Å²) >= 11 is 3.44. The molecule has 0 atom stereocenters. The third kappa shape index (κ3) is 3.68. The fourth-order valence-corrected chi connectivity index (χ4v) is 2.51. The minimum Gasteiger partial charge on any atom is -0.366 e. The maximum absolute atomic E-state index is 4.49. The van der Waals surface area contributed by atoms with Gasteiger partial charge in [-0.3, -0.25) is 4.98 Å². The molecular weight excluding hydrogens is 340 g/mol. The lowest BCUT2D eigenvalue weighted by Crippen LogP contribution is -2.03. The van der Waals surface area contributed by atoms with Gasteiger partial charge in [0.2, 0.25) is 0 Å². The first-order valence-corrected chi connectivity index (χ1v) is 7.74. The Morgan fingerprint density at radius 3 is 2.64 bits per heavy atom. The van der Waals surface area contributed by atoms with Crippen LogP contribution in [0, 0.1) is 6.92 Å². The van der Waals surface area contributed by atoms with Gasteiger partial charge in [0.05, 0.1) is 5.69 Å². The molecule has 0 radical (unpaired) electrons. The van der Waals surface area contributed by atoms with Crippen molar-refractivity contribution in [1.82, 2.24) is 15.0 Å². The summed E-state index contributed by atoms with van der Waals surface area (Å²) in [5.41, 5.74) is 3.03. The largest absolute Gasteiger partial charge is 0.366 e. The first-order valence-electron chi connectivity index (χ1n) is 6.95. The van der Waals surface area contributed by atoms with Crippen LogP contribution in [0.15, 0.2) is 59.3 Å². The Bertz CT molecular complexity index is 775. The van der Waals surface area contributed by atoms with Crippen molar-refractivity contribution in [2.24, 2.45) is 0 Å². The van der Waals surface area contributed by atoms with E-state index in [1.807, 2.05) is 37.3 Å². The molecular formula is C17H15BrN4. The Labute approximate surface area is 137 Å². The normalized spacial score (nSPS) is 10.5. The Morgan fingerprint density at radius 1 is 1.05 bits per heavy atom. The van der Waals surface area contributed by atoms with E-state index in [2.05, 4.69) is 48.3 Å². The molecule has 0 aliphatic carbocycles. The van der Waals surface area contributed by atoms with Gasteiger partial charge in [-0.15, -0.1) is 0 Å². The lowest BCUT2D eigenvalue weighted by molar-refractivity contribution is 1.02. The summed E-state index contributed by atoms with van der Waals surface area (Å²) in [4.78, 5) is 13.1. The quantitative estimate of drug-likeness (QED) is 0.761. The van der Waals surface area contributed by atoms with Crippen molar-refractivity contribution in [3.05, 3.63) is 70.7 Å². The van der Waals surface area contributed by atoms with Gasteiger partial charge in [0, 0.05) is 35.0 Å². The van der Waals surface area contributed by atoms with Gasteiger partial charge < -0.3 is 5.32 Å². The number of anilines is 1. The topological polar surface area (TPSA) is 50.7 Å². The number of hydrogen-bond acceptors (Lipinski definition) is 4. The van der Waals surface area contributed by atoms with Gasteiger partial charge in [-0.25, -0.2) is 9.97 Å². The molecule has 0 spiro atoms. The van der Waals surface area contributed by atoms with E-state index in [4.69, 9.17) is 0 Å². The molecule has 3 aromatic rings. The second kappa shape index (κ2) is 6.66. The van der Waals surface area contributed by atoms with Crippen molar-refractivity contribution in [2.75, 3.05) is 5.32 Å². The van der Waals surface area contributed by atoms with Gasteiger partial charge in [0.25, 0.3) is 0 Å². The molecule has 2 aromatic heterocycles. The molecule has 0 unspecified atom stereocenters. The van der Waals surface area contributed by atoms with Gasteiger partial charge in [-0.2, -0.15) is 0 Å². The molecule has 110 valence electrons. The number of pyridine rings is 1. The van der Waals surface area contributed by atoms with Crippen molar-refractivity contribution in [2.45, 2.75) is 13.5 Å². The highest BCUT2D eigenvalue weighted by molar-refractivity contribution is 9.10. The number of aryl methyl sites for hydroxylation is 1. The molecule has 0 amide bonds. The Balaban J connectivity index is 1.84. The minimum atomic E-state index is 0.730. The molecule has 22 heavy (non-hydrogen) atoms. The molecule has 3 rings (SSSR count). The fourth-order valence-electron chi connectivity index (χ4n) is 2.15. The smallest absolute Gasteiger partial charge is 0.130 e. The summed E-state index contributed by atoms with van der Waals surface area (Å²) in [5.74, 6) is 1.54. The van der Waals surface area contributed by atoms with Gasteiger partial charge in [-0.05, 0) is 34.5 Å². The van der Waals surface area contributed by atoms with Crippen molar-refractivity contribution in [3.8, 4) is 11.3 Å². The van der Waals surface area contributed by atoms with Crippen LogP contribution in [0.1, 0.15) is 11.4 Å². The van der Waals surface area contributed by atoms with E-state index >= 15 is 0 Å². The Kier molecular flexibility index (Phi) is 4.44. The summed E-state index contributed by atoms with van der Waals surface area (Å²) < 4.78 is 0.931. The first kappa shape index (κ1) is 14.7. The third-order valence-electron chi connectivity index (χ3n) is 3.16. The monoisotopic (exact) mass is 354 g/mol. The SMILES string of the molecule is Cc1nc(NCc2ccccc2)cc(-c2cncc(Br)c2)n1. The second-order valence-electron chi connectivity index (χ2n) is 4.92. The molecule has 0 aliphatic heterocycles. The zero-order valence-electron chi connectivity index (χ0n) is 12.1. The molecule has 4 nitrogen and oxygen atoms in total. The van der Waals surface area contributed by atoms with Crippen molar-refractivity contribution >= 4 is 21.7 Å². The summed E-state index contributed by atoms with van der Waals surface area (Å²) in [6.45, 7) is 2.62. The van der Waals surface area contributed by atoms with Crippen molar-refractivity contribution < 1.29 is 0 Å². The van der Waals surface area contributed by atoms with Crippen LogP contribution in [0.2, 0.25) is 0 Å². The number of benzene rings is 1. The van der Waals surface area contributed by atoms with E-state index < -0.39 is 0 Å². The van der Waals surface area contributed by atoms with Crippen LogP contribution in [0.3, 0.4) is 0 Å². The molecule has 0 fully saturated rings. The molecule has 0 saturated carbocycles. The maximum Gasteiger partial charge on any atom is 0.130 e. The molecule has 0 aliphatic rings. The molecule has 0 saturated heterocycles. The van der Waals surface area contributed by atoms with Crippen molar-refractivity contribution in [3.63, 3.8) is 0 Å². The van der Waals surface area contributed by atoms with E-state index in [1.54, 1.807) is 12.4 Å². The van der Waals surface area contributed by atoms with E-state index in [-0.39, 0.29) is 0 Å². The lowest BCUT2D eigenvalue weighted by Gasteiger charge is -2.09. The van der Waals surface area contributed by atoms with E-state index in [9.17, 15) is 0 Å². The Morgan fingerprint density at radius 2 is 1.86 bits per heavy atom. The van der Waals surface area contributed by atoms with Crippen LogP contribution in [0.5, 0.6) is 0 Å². The van der Waals surface area contributed by atoms with Crippen LogP contribution in [-0.4, -0.2) is 15.0 Å². The van der Waals surface area contributed by atoms with E-state index in [1.165, 1.54) is 5.56 Å². The van der Waals surface area contributed by atoms with Gasteiger partial charge in [0.1, 0.15) is 11.6 Å². The number of hydrogen-bond donors (Lipinski definition) is 1. The lowest BCUT2D eigenvalue weighted by atomic mass is 10.2. The number of halogens is 1. The summed E-state index contributed by atoms with van der Waals surface area (Å²) in [6, 6.07) is 14.2. The fraction of sp³-hybridized carbons (Fsp3) is 0.118. The molecule has 0 bridgehead atoms. The maximum atomic E-state index is 4.49.